The summed E-state index contributed by atoms with van der Waals surface area (Å²) in [5.74, 6) is 12.7. The number of hydrogen-bond acceptors (Lipinski definition) is 3. The molecule has 1 aromatic carbocycles. The molecule has 0 aliphatic carbocycles. The number of Topliss-reactive ketones (excluding diaryl/α,β-unsaturated/α-hetero) is 1. The first-order valence-electron chi connectivity index (χ1n) is 7.84. The Bertz CT molecular complexity index is 638. The summed E-state index contributed by atoms with van der Waals surface area (Å²) in [6.07, 6.45) is 3.64. The zero-order valence-electron chi connectivity index (χ0n) is 14.1. The van der Waals surface area contributed by atoms with Gasteiger partial charge in [0.1, 0.15) is 11.5 Å². The number of phenols is 1. The van der Waals surface area contributed by atoms with Crippen molar-refractivity contribution >= 4 is 5.78 Å². The molecule has 0 unspecified atom stereocenters. The molecule has 0 heterocycles. The van der Waals surface area contributed by atoms with E-state index in [1.54, 1.807) is 12.1 Å². The summed E-state index contributed by atoms with van der Waals surface area (Å²) < 4.78 is 5.09. The molecule has 0 radical (unpaired) electrons. The van der Waals surface area contributed by atoms with E-state index in [1.807, 2.05) is 13.8 Å². The number of rotatable bonds is 7. The zero-order chi connectivity index (χ0) is 17.1. The minimum Gasteiger partial charge on any atom is -0.507 e. The van der Waals surface area contributed by atoms with Gasteiger partial charge in [-0.2, -0.15) is 0 Å². The Morgan fingerprint density at radius 2 is 1.91 bits per heavy atom. The number of aromatic hydroxyl groups is 1. The Balaban J connectivity index is 2.46. The first-order valence-corrected chi connectivity index (χ1v) is 7.84. The van der Waals surface area contributed by atoms with Gasteiger partial charge in [-0.25, -0.2) is 0 Å². The number of hydrogen-bond donors (Lipinski definition) is 1. The number of phenolic OH excluding ortho intramolecular Hbond substituents is 1. The van der Waals surface area contributed by atoms with Crippen molar-refractivity contribution in [1.29, 1.82) is 0 Å². The predicted molar refractivity (Wildman–Crippen MR) is 92.5 cm³/mol. The quantitative estimate of drug-likeness (QED) is 0.466. The van der Waals surface area contributed by atoms with Crippen LogP contribution in [0.5, 0.6) is 11.5 Å². The predicted octanol–water partition coefficient (Wildman–Crippen LogP) is 4.20. The Labute approximate surface area is 139 Å². The SMILES string of the molecule is CC#CCCC#CCC[C@H](C)CC(=O)c1cc(OC)ccc1O. The van der Waals surface area contributed by atoms with E-state index in [2.05, 4.69) is 23.7 Å². The third-order valence-electron chi connectivity index (χ3n) is 3.48. The van der Waals surface area contributed by atoms with Crippen LogP contribution in [-0.4, -0.2) is 18.0 Å². The summed E-state index contributed by atoms with van der Waals surface area (Å²) in [5.41, 5.74) is 0.320. The van der Waals surface area contributed by atoms with E-state index >= 15 is 0 Å². The van der Waals surface area contributed by atoms with Crippen LogP contribution in [0, 0.1) is 29.6 Å². The van der Waals surface area contributed by atoms with Gasteiger partial charge in [0.05, 0.1) is 12.7 Å². The zero-order valence-corrected chi connectivity index (χ0v) is 14.1. The summed E-state index contributed by atoms with van der Waals surface area (Å²) in [7, 11) is 1.54. The van der Waals surface area contributed by atoms with Crippen molar-refractivity contribution in [2.75, 3.05) is 7.11 Å². The molecule has 1 rings (SSSR count). The van der Waals surface area contributed by atoms with Gasteiger partial charge in [0, 0.05) is 25.7 Å². The summed E-state index contributed by atoms with van der Waals surface area (Å²) in [5, 5.41) is 9.82. The van der Waals surface area contributed by atoms with Gasteiger partial charge in [-0.15, -0.1) is 23.7 Å². The van der Waals surface area contributed by atoms with E-state index in [1.165, 1.54) is 13.2 Å². The monoisotopic (exact) mass is 312 g/mol. The van der Waals surface area contributed by atoms with Crippen LogP contribution in [0.3, 0.4) is 0 Å². The molecule has 23 heavy (non-hydrogen) atoms. The average molecular weight is 312 g/mol. The fourth-order valence-corrected chi connectivity index (χ4v) is 2.14. The maximum atomic E-state index is 12.3. The van der Waals surface area contributed by atoms with Crippen LogP contribution < -0.4 is 4.74 Å². The van der Waals surface area contributed by atoms with Gasteiger partial charge in [-0.3, -0.25) is 4.79 Å². The molecule has 122 valence electrons. The molecule has 1 aromatic rings. The lowest BCUT2D eigenvalue weighted by atomic mass is 9.95. The van der Waals surface area contributed by atoms with Crippen molar-refractivity contribution < 1.29 is 14.6 Å². The van der Waals surface area contributed by atoms with Crippen molar-refractivity contribution in [2.45, 2.75) is 46.0 Å². The van der Waals surface area contributed by atoms with E-state index in [4.69, 9.17) is 4.74 Å². The van der Waals surface area contributed by atoms with Crippen molar-refractivity contribution in [3.05, 3.63) is 23.8 Å². The smallest absolute Gasteiger partial charge is 0.166 e. The third-order valence-corrected chi connectivity index (χ3v) is 3.48. The van der Waals surface area contributed by atoms with Crippen LogP contribution in [0.1, 0.15) is 56.3 Å². The van der Waals surface area contributed by atoms with Gasteiger partial charge >= 0.3 is 0 Å². The number of carbonyl (C=O) groups is 1. The van der Waals surface area contributed by atoms with E-state index in [-0.39, 0.29) is 17.5 Å². The average Bonchev–Trinajstić information content (AvgIpc) is 2.54. The highest BCUT2D eigenvalue weighted by Crippen LogP contribution is 2.25. The molecule has 0 aromatic heterocycles. The second kappa shape index (κ2) is 10.4. The maximum Gasteiger partial charge on any atom is 0.166 e. The number of ether oxygens (including phenoxy) is 1. The Kier molecular flexibility index (Phi) is 8.40. The standard InChI is InChI=1S/C20H24O3/c1-4-5-6-7-8-9-10-11-16(2)14-20(22)18-15-17(23-3)12-13-19(18)21/h12-13,15-16,21H,6-7,10-11,14H2,1-3H3/t16-/m0/s1. The molecule has 3 heteroatoms. The van der Waals surface area contributed by atoms with Crippen LogP contribution >= 0.6 is 0 Å². The summed E-state index contributed by atoms with van der Waals surface area (Å²) in [6, 6.07) is 4.70. The summed E-state index contributed by atoms with van der Waals surface area (Å²) in [6.45, 7) is 3.85. The van der Waals surface area contributed by atoms with Crippen molar-refractivity contribution in [3.63, 3.8) is 0 Å². The number of ketones is 1. The van der Waals surface area contributed by atoms with E-state index in [0.29, 0.717) is 17.7 Å². The Hall–Kier alpha value is -2.39. The highest BCUT2D eigenvalue weighted by molar-refractivity contribution is 5.99. The molecule has 0 amide bonds. The fourth-order valence-electron chi connectivity index (χ4n) is 2.14. The van der Waals surface area contributed by atoms with E-state index < -0.39 is 0 Å². The molecule has 0 fully saturated rings. The normalized spacial score (nSPS) is 10.7. The Morgan fingerprint density at radius 3 is 2.61 bits per heavy atom. The minimum absolute atomic E-state index is 0.000162. The lowest BCUT2D eigenvalue weighted by Crippen LogP contribution is -2.06. The number of benzene rings is 1. The van der Waals surface area contributed by atoms with Crippen LogP contribution in [0.15, 0.2) is 18.2 Å². The number of unbranched alkanes of at least 4 members (excludes halogenated alkanes) is 1. The van der Waals surface area contributed by atoms with Gasteiger partial charge in [0.15, 0.2) is 5.78 Å². The van der Waals surface area contributed by atoms with Crippen LogP contribution in [0.4, 0.5) is 0 Å². The molecule has 1 atom stereocenters. The van der Waals surface area contributed by atoms with E-state index in [0.717, 1.165) is 25.7 Å². The number of carbonyl (C=O) groups excluding carboxylic acids is 1. The first-order chi connectivity index (χ1) is 11.1. The Morgan fingerprint density at radius 1 is 1.22 bits per heavy atom. The largest absolute Gasteiger partial charge is 0.507 e. The molecular formula is C20H24O3. The summed E-state index contributed by atoms with van der Waals surface area (Å²) >= 11 is 0. The van der Waals surface area contributed by atoms with Gasteiger partial charge < -0.3 is 9.84 Å². The van der Waals surface area contributed by atoms with Crippen LogP contribution in [-0.2, 0) is 0 Å². The first kappa shape index (κ1) is 18.7. The number of methoxy groups -OCH3 is 1. The molecular weight excluding hydrogens is 288 g/mol. The lowest BCUT2D eigenvalue weighted by molar-refractivity contribution is 0.0960. The van der Waals surface area contributed by atoms with Crippen LogP contribution in [0.2, 0.25) is 0 Å². The molecule has 0 saturated carbocycles. The third kappa shape index (κ3) is 6.94. The second-order valence-electron chi connectivity index (χ2n) is 5.43. The second-order valence-corrected chi connectivity index (χ2v) is 5.43. The summed E-state index contributed by atoms with van der Waals surface area (Å²) in [4.78, 5) is 12.3. The van der Waals surface area contributed by atoms with Crippen molar-refractivity contribution in [1.82, 2.24) is 0 Å². The molecule has 1 N–H and O–H groups in total. The van der Waals surface area contributed by atoms with Crippen molar-refractivity contribution in [3.8, 4) is 35.2 Å². The molecule has 3 nitrogen and oxygen atoms in total. The minimum atomic E-state index is -0.0694. The molecule has 0 aliphatic heterocycles. The van der Waals surface area contributed by atoms with E-state index in [9.17, 15) is 9.90 Å². The van der Waals surface area contributed by atoms with Crippen LogP contribution in [0.25, 0.3) is 0 Å². The molecule has 0 aliphatic rings. The topological polar surface area (TPSA) is 46.5 Å². The molecule has 0 saturated heterocycles. The van der Waals surface area contributed by atoms with Gasteiger partial charge in [0.2, 0.25) is 0 Å². The van der Waals surface area contributed by atoms with Gasteiger partial charge in [-0.05, 0) is 37.5 Å². The lowest BCUT2D eigenvalue weighted by Gasteiger charge is -2.10. The maximum absolute atomic E-state index is 12.3. The molecule has 0 bridgehead atoms. The fraction of sp³-hybridized carbons (Fsp3) is 0.450. The van der Waals surface area contributed by atoms with Crippen molar-refractivity contribution in [2.24, 2.45) is 5.92 Å². The van der Waals surface area contributed by atoms with Gasteiger partial charge in [-0.1, -0.05) is 6.92 Å². The highest BCUT2D eigenvalue weighted by atomic mass is 16.5. The molecule has 0 spiro atoms. The van der Waals surface area contributed by atoms with Gasteiger partial charge in [0.25, 0.3) is 0 Å². The highest BCUT2D eigenvalue weighted by Gasteiger charge is 2.15.